The molecular formula is C22H22F2N6O. The lowest BCUT2D eigenvalue weighted by molar-refractivity contribution is 0.269. The van der Waals surface area contributed by atoms with Crippen LogP contribution in [0.25, 0.3) is 33.9 Å². The van der Waals surface area contributed by atoms with Gasteiger partial charge in [-0.15, -0.1) is 0 Å². The molecule has 0 saturated carbocycles. The number of hydrogen-bond donors (Lipinski definition) is 1. The summed E-state index contributed by atoms with van der Waals surface area (Å²) in [6.45, 7) is 6.10. The smallest absolute Gasteiger partial charge is 0.139 e. The number of aromatic amines is 1. The topological polar surface area (TPSA) is 81.5 Å². The Balaban J connectivity index is 1.86. The average molecular weight is 424 g/mol. The SMILES string of the molecule is Cc1n[nH]nc1-c1ccnc(-c2ncn(C)c2-c2c(F)cc(F)cc2OCC(C)C)c1. The van der Waals surface area contributed by atoms with E-state index in [-0.39, 0.29) is 17.2 Å². The quantitative estimate of drug-likeness (QED) is 0.491. The van der Waals surface area contributed by atoms with E-state index in [9.17, 15) is 4.39 Å². The van der Waals surface area contributed by atoms with Crippen LogP contribution in [0, 0.1) is 24.5 Å². The summed E-state index contributed by atoms with van der Waals surface area (Å²) >= 11 is 0. The Morgan fingerprint density at radius 1 is 1.10 bits per heavy atom. The number of aromatic nitrogens is 6. The molecule has 0 spiro atoms. The van der Waals surface area contributed by atoms with Gasteiger partial charge in [0.1, 0.15) is 28.8 Å². The molecule has 4 aromatic rings. The maximum Gasteiger partial charge on any atom is 0.139 e. The van der Waals surface area contributed by atoms with E-state index in [1.54, 1.807) is 24.1 Å². The van der Waals surface area contributed by atoms with E-state index in [4.69, 9.17) is 4.74 Å². The minimum atomic E-state index is -0.730. The number of benzene rings is 1. The lowest BCUT2D eigenvalue weighted by Crippen LogP contribution is -2.07. The summed E-state index contributed by atoms with van der Waals surface area (Å²) in [4.78, 5) is 8.88. The molecule has 9 heteroatoms. The van der Waals surface area contributed by atoms with Crippen LogP contribution < -0.4 is 4.74 Å². The van der Waals surface area contributed by atoms with E-state index in [1.165, 1.54) is 6.07 Å². The second kappa shape index (κ2) is 8.25. The summed E-state index contributed by atoms with van der Waals surface area (Å²) in [6, 6.07) is 5.66. The highest BCUT2D eigenvalue weighted by molar-refractivity contribution is 5.82. The first-order chi connectivity index (χ1) is 14.8. The van der Waals surface area contributed by atoms with Gasteiger partial charge in [-0.25, -0.2) is 13.8 Å². The highest BCUT2D eigenvalue weighted by Gasteiger charge is 2.23. The molecular weight excluding hydrogens is 402 g/mol. The minimum absolute atomic E-state index is 0.125. The monoisotopic (exact) mass is 424 g/mol. The van der Waals surface area contributed by atoms with Gasteiger partial charge in [-0.1, -0.05) is 13.8 Å². The molecule has 0 fully saturated rings. The summed E-state index contributed by atoms with van der Waals surface area (Å²) in [7, 11) is 1.74. The van der Waals surface area contributed by atoms with Crippen LogP contribution in [0.3, 0.4) is 0 Å². The third kappa shape index (κ3) is 4.03. The zero-order chi connectivity index (χ0) is 22.1. The summed E-state index contributed by atoms with van der Waals surface area (Å²) in [5.41, 5.74) is 3.78. The first kappa shape index (κ1) is 20.6. The number of halogens is 2. The fraction of sp³-hybridized carbons (Fsp3) is 0.273. The number of hydrogen-bond acceptors (Lipinski definition) is 5. The molecule has 0 atom stereocenters. The van der Waals surface area contributed by atoms with Crippen molar-refractivity contribution >= 4 is 0 Å². The van der Waals surface area contributed by atoms with Crippen molar-refractivity contribution in [3.05, 3.63) is 54.1 Å². The van der Waals surface area contributed by atoms with E-state index in [0.29, 0.717) is 29.4 Å². The second-order valence-electron chi connectivity index (χ2n) is 7.71. The number of nitrogens with zero attached hydrogens (tertiary/aromatic N) is 5. The highest BCUT2D eigenvalue weighted by Crippen LogP contribution is 2.39. The van der Waals surface area contributed by atoms with Crippen molar-refractivity contribution in [2.75, 3.05) is 6.61 Å². The Hall–Kier alpha value is -3.62. The molecule has 0 aliphatic heterocycles. The van der Waals surface area contributed by atoms with E-state index in [2.05, 4.69) is 25.4 Å². The maximum atomic E-state index is 15.0. The van der Waals surface area contributed by atoms with Gasteiger partial charge in [-0.2, -0.15) is 15.4 Å². The molecule has 160 valence electrons. The fourth-order valence-corrected chi connectivity index (χ4v) is 3.33. The van der Waals surface area contributed by atoms with Gasteiger partial charge in [0, 0.05) is 30.9 Å². The second-order valence-corrected chi connectivity index (χ2v) is 7.71. The van der Waals surface area contributed by atoms with Crippen LogP contribution in [0.2, 0.25) is 0 Å². The van der Waals surface area contributed by atoms with Crippen LogP contribution in [0.5, 0.6) is 5.75 Å². The van der Waals surface area contributed by atoms with Crippen LogP contribution in [-0.4, -0.2) is 36.6 Å². The summed E-state index contributed by atoms with van der Waals surface area (Å²) in [5, 5.41) is 10.8. The van der Waals surface area contributed by atoms with Gasteiger partial charge in [0.25, 0.3) is 0 Å². The van der Waals surface area contributed by atoms with Crippen molar-refractivity contribution in [2.45, 2.75) is 20.8 Å². The van der Waals surface area contributed by atoms with Gasteiger partial charge in [0.15, 0.2) is 0 Å². The zero-order valence-electron chi connectivity index (χ0n) is 17.6. The van der Waals surface area contributed by atoms with E-state index >= 15 is 4.39 Å². The lowest BCUT2D eigenvalue weighted by atomic mass is 10.0. The number of nitrogens with one attached hydrogen (secondary N) is 1. The first-order valence-corrected chi connectivity index (χ1v) is 9.82. The number of pyridine rings is 1. The zero-order valence-corrected chi connectivity index (χ0v) is 17.6. The van der Waals surface area contributed by atoms with Crippen molar-refractivity contribution < 1.29 is 13.5 Å². The normalized spacial score (nSPS) is 11.3. The molecule has 7 nitrogen and oxygen atoms in total. The average Bonchev–Trinajstić information content (AvgIpc) is 3.32. The summed E-state index contributed by atoms with van der Waals surface area (Å²) in [6.07, 6.45) is 3.20. The maximum absolute atomic E-state index is 15.0. The van der Waals surface area contributed by atoms with E-state index in [1.807, 2.05) is 32.9 Å². The Bertz CT molecular complexity index is 1230. The largest absolute Gasteiger partial charge is 0.492 e. The molecule has 0 radical (unpaired) electrons. The summed E-state index contributed by atoms with van der Waals surface area (Å²) in [5.74, 6) is -1.12. The van der Waals surface area contributed by atoms with Gasteiger partial charge in [-0.3, -0.25) is 4.98 Å². The van der Waals surface area contributed by atoms with Crippen LogP contribution in [-0.2, 0) is 7.05 Å². The standard InChI is InChI=1S/C22H22F2N6O/c1-12(2)10-31-18-9-15(23)8-16(24)19(18)22-21(26-11-30(22)4)17-7-14(5-6-25-17)20-13(3)27-29-28-20/h5-9,11-12H,10H2,1-4H3,(H,27,28,29). The molecule has 0 bridgehead atoms. The predicted molar refractivity (Wildman–Crippen MR) is 112 cm³/mol. The van der Waals surface area contributed by atoms with Gasteiger partial charge < -0.3 is 9.30 Å². The molecule has 3 heterocycles. The Kier molecular flexibility index (Phi) is 5.50. The van der Waals surface area contributed by atoms with Crippen molar-refractivity contribution in [3.63, 3.8) is 0 Å². The summed E-state index contributed by atoms with van der Waals surface area (Å²) < 4.78 is 36.4. The van der Waals surface area contributed by atoms with E-state index in [0.717, 1.165) is 17.3 Å². The number of imidazole rings is 1. The Labute approximate surface area is 178 Å². The highest BCUT2D eigenvalue weighted by atomic mass is 19.1. The van der Waals surface area contributed by atoms with Gasteiger partial charge >= 0.3 is 0 Å². The molecule has 3 aromatic heterocycles. The number of rotatable bonds is 6. The molecule has 0 aliphatic carbocycles. The Morgan fingerprint density at radius 3 is 2.61 bits per heavy atom. The van der Waals surface area contributed by atoms with E-state index < -0.39 is 11.6 Å². The van der Waals surface area contributed by atoms with Crippen LogP contribution in [0.4, 0.5) is 8.78 Å². The molecule has 1 aromatic carbocycles. The molecule has 4 rings (SSSR count). The molecule has 1 N–H and O–H groups in total. The van der Waals surface area contributed by atoms with Crippen molar-refractivity contribution in [1.82, 2.24) is 29.9 Å². The minimum Gasteiger partial charge on any atom is -0.492 e. The fourth-order valence-electron chi connectivity index (χ4n) is 3.33. The molecule has 31 heavy (non-hydrogen) atoms. The van der Waals surface area contributed by atoms with Gasteiger partial charge in [0.2, 0.25) is 0 Å². The number of aryl methyl sites for hydroxylation is 2. The molecule has 0 aliphatic rings. The molecule has 0 amide bonds. The van der Waals surface area contributed by atoms with Crippen LogP contribution in [0.1, 0.15) is 19.5 Å². The number of ether oxygens (including phenoxy) is 1. The van der Waals surface area contributed by atoms with Crippen molar-refractivity contribution in [1.29, 1.82) is 0 Å². The number of H-pyrrole nitrogens is 1. The predicted octanol–water partition coefficient (Wildman–Crippen LogP) is 4.56. The lowest BCUT2D eigenvalue weighted by Gasteiger charge is -2.16. The van der Waals surface area contributed by atoms with Crippen molar-refractivity contribution in [3.8, 4) is 39.7 Å². The third-order valence-electron chi connectivity index (χ3n) is 4.76. The molecule has 0 saturated heterocycles. The van der Waals surface area contributed by atoms with Crippen LogP contribution >= 0.6 is 0 Å². The first-order valence-electron chi connectivity index (χ1n) is 9.82. The van der Waals surface area contributed by atoms with Crippen LogP contribution in [0.15, 0.2) is 36.8 Å². The van der Waals surface area contributed by atoms with Crippen molar-refractivity contribution in [2.24, 2.45) is 13.0 Å². The third-order valence-corrected chi connectivity index (χ3v) is 4.76. The van der Waals surface area contributed by atoms with Gasteiger partial charge in [-0.05, 0) is 25.0 Å². The van der Waals surface area contributed by atoms with Gasteiger partial charge in [0.05, 0.1) is 35.6 Å². The molecule has 0 unspecified atom stereocenters. The Morgan fingerprint density at radius 2 is 1.90 bits per heavy atom.